The minimum absolute atomic E-state index is 0.0433. The summed E-state index contributed by atoms with van der Waals surface area (Å²) < 4.78 is 8.25. The summed E-state index contributed by atoms with van der Waals surface area (Å²) in [5.41, 5.74) is 4.69. The van der Waals surface area contributed by atoms with Gasteiger partial charge in [-0.05, 0) is 55.7 Å². The minimum Gasteiger partial charge on any atom is -0.492 e. The Balaban J connectivity index is 1.53. The number of benzene rings is 2. The predicted octanol–water partition coefficient (Wildman–Crippen LogP) is 4.22. The van der Waals surface area contributed by atoms with E-state index in [-0.39, 0.29) is 24.5 Å². The van der Waals surface area contributed by atoms with Crippen LogP contribution in [0.2, 0.25) is 0 Å². The predicted molar refractivity (Wildman–Crippen MR) is 124 cm³/mol. The molecule has 2 atom stereocenters. The SMILES string of the molecule is Cc1ccc(-c2ccccc2)n1CCOc1ccc(C[C@@H](C)C(=O)N[C@H](C)CO)cc1. The van der Waals surface area contributed by atoms with Crippen LogP contribution in [-0.4, -0.2) is 34.8 Å². The zero-order valence-electron chi connectivity index (χ0n) is 18.5. The Bertz CT molecular complexity index is 964. The molecule has 5 nitrogen and oxygen atoms in total. The van der Waals surface area contributed by atoms with Crippen LogP contribution in [0.4, 0.5) is 0 Å². The smallest absolute Gasteiger partial charge is 0.223 e. The number of aliphatic hydroxyl groups excluding tert-OH is 1. The van der Waals surface area contributed by atoms with Crippen molar-refractivity contribution in [2.75, 3.05) is 13.2 Å². The molecular weight excluding hydrogens is 388 g/mol. The number of aliphatic hydroxyl groups is 1. The molecule has 3 aromatic rings. The lowest BCUT2D eigenvalue weighted by Crippen LogP contribution is -2.38. The second-order valence-electron chi connectivity index (χ2n) is 8.07. The van der Waals surface area contributed by atoms with E-state index in [9.17, 15) is 4.79 Å². The van der Waals surface area contributed by atoms with E-state index in [0.717, 1.165) is 17.9 Å². The van der Waals surface area contributed by atoms with Gasteiger partial charge in [0.15, 0.2) is 0 Å². The first kappa shape index (κ1) is 22.6. The molecule has 0 unspecified atom stereocenters. The molecule has 0 radical (unpaired) electrons. The minimum atomic E-state index is -0.225. The van der Waals surface area contributed by atoms with Crippen molar-refractivity contribution in [3.63, 3.8) is 0 Å². The molecule has 1 heterocycles. The molecule has 1 amide bonds. The Kier molecular flexibility index (Phi) is 7.90. The van der Waals surface area contributed by atoms with Gasteiger partial charge < -0.3 is 19.7 Å². The van der Waals surface area contributed by atoms with Crippen LogP contribution >= 0.6 is 0 Å². The fourth-order valence-corrected chi connectivity index (χ4v) is 3.58. The maximum absolute atomic E-state index is 12.1. The Morgan fingerprint density at radius 2 is 1.74 bits per heavy atom. The molecule has 0 aliphatic rings. The second-order valence-corrected chi connectivity index (χ2v) is 8.07. The zero-order chi connectivity index (χ0) is 22.2. The van der Waals surface area contributed by atoms with Crippen molar-refractivity contribution in [3.05, 3.63) is 78.0 Å². The summed E-state index contributed by atoms with van der Waals surface area (Å²) in [4.78, 5) is 12.1. The maximum atomic E-state index is 12.1. The van der Waals surface area contributed by atoms with E-state index < -0.39 is 0 Å². The van der Waals surface area contributed by atoms with Gasteiger partial charge in [-0.15, -0.1) is 0 Å². The van der Waals surface area contributed by atoms with Gasteiger partial charge in [0.05, 0.1) is 13.2 Å². The number of amides is 1. The fourth-order valence-electron chi connectivity index (χ4n) is 3.58. The molecular formula is C26H32N2O3. The van der Waals surface area contributed by atoms with Gasteiger partial charge in [0.2, 0.25) is 5.91 Å². The molecule has 1 aromatic heterocycles. The lowest BCUT2D eigenvalue weighted by molar-refractivity contribution is -0.125. The molecule has 0 aliphatic carbocycles. The van der Waals surface area contributed by atoms with Crippen molar-refractivity contribution in [3.8, 4) is 17.0 Å². The van der Waals surface area contributed by atoms with Crippen LogP contribution < -0.4 is 10.1 Å². The lowest BCUT2D eigenvalue weighted by atomic mass is 10.00. The number of aromatic nitrogens is 1. The van der Waals surface area contributed by atoms with E-state index in [0.29, 0.717) is 13.0 Å². The molecule has 0 saturated heterocycles. The van der Waals surface area contributed by atoms with Gasteiger partial charge >= 0.3 is 0 Å². The number of ether oxygens (including phenoxy) is 1. The van der Waals surface area contributed by atoms with Crippen LogP contribution in [0.15, 0.2) is 66.7 Å². The number of carbonyl (C=O) groups is 1. The Morgan fingerprint density at radius 3 is 2.42 bits per heavy atom. The molecule has 0 aliphatic heterocycles. The zero-order valence-corrected chi connectivity index (χ0v) is 18.5. The fraction of sp³-hybridized carbons (Fsp3) is 0.346. The van der Waals surface area contributed by atoms with Crippen LogP contribution in [0.3, 0.4) is 0 Å². The molecule has 5 heteroatoms. The van der Waals surface area contributed by atoms with E-state index in [2.05, 4.69) is 53.2 Å². The third-order valence-corrected chi connectivity index (χ3v) is 5.43. The Morgan fingerprint density at radius 1 is 1.03 bits per heavy atom. The third kappa shape index (κ3) is 6.22. The Hall–Kier alpha value is -3.05. The monoisotopic (exact) mass is 420 g/mol. The third-order valence-electron chi connectivity index (χ3n) is 5.43. The summed E-state index contributed by atoms with van der Waals surface area (Å²) in [5, 5.41) is 11.9. The van der Waals surface area contributed by atoms with Crippen LogP contribution in [0.1, 0.15) is 25.1 Å². The quantitative estimate of drug-likeness (QED) is 0.516. The van der Waals surface area contributed by atoms with E-state index in [1.165, 1.54) is 17.0 Å². The van der Waals surface area contributed by atoms with Crippen molar-refractivity contribution in [2.45, 2.75) is 39.8 Å². The van der Waals surface area contributed by atoms with Gasteiger partial charge in [0, 0.05) is 23.3 Å². The second kappa shape index (κ2) is 10.8. The van der Waals surface area contributed by atoms with E-state index in [1.807, 2.05) is 37.3 Å². The van der Waals surface area contributed by atoms with Crippen LogP contribution in [0.25, 0.3) is 11.3 Å². The van der Waals surface area contributed by atoms with Gasteiger partial charge in [0.25, 0.3) is 0 Å². The number of hydrogen-bond acceptors (Lipinski definition) is 3. The van der Waals surface area contributed by atoms with Gasteiger partial charge in [-0.3, -0.25) is 4.79 Å². The van der Waals surface area contributed by atoms with Crippen molar-refractivity contribution >= 4 is 5.91 Å². The largest absolute Gasteiger partial charge is 0.492 e. The molecule has 0 spiro atoms. The lowest BCUT2D eigenvalue weighted by Gasteiger charge is -2.16. The van der Waals surface area contributed by atoms with Crippen molar-refractivity contribution in [1.29, 1.82) is 0 Å². The summed E-state index contributed by atoms with van der Waals surface area (Å²) >= 11 is 0. The summed E-state index contributed by atoms with van der Waals surface area (Å²) in [6.45, 7) is 7.08. The van der Waals surface area contributed by atoms with Crippen molar-refractivity contribution < 1.29 is 14.6 Å². The molecule has 2 aromatic carbocycles. The number of rotatable bonds is 10. The molecule has 0 bridgehead atoms. The summed E-state index contributed by atoms with van der Waals surface area (Å²) in [7, 11) is 0. The van der Waals surface area contributed by atoms with Gasteiger partial charge in [-0.2, -0.15) is 0 Å². The van der Waals surface area contributed by atoms with E-state index >= 15 is 0 Å². The van der Waals surface area contributed by atoms with Crippen molar-refractivity contribution in [2.24, 2.45) is 5.92 Å². The molecule has 2 N–H and O–H groups in total. The molecule has 164 valence electrons. The summed E-state index contributed by atoms with van der Waals surface area (Å²) in [6.07, 6.45) is 0.646. The number of nitrogens with zero attached hydrogens (tertiary/aromatic N) is 1. The number of nitrogens with one attached hydrogen (secondary N) is 1. The van der Waals surface area contributed by atoms with E-state index in [1.54, 1.807) is 6.92 Å². The standard InChI is InChI=1S/C26H32N2O3/c1-19(26(30)27-20(2)18-29)17-22-10-12-24(13-11-22)31-16-15-28-21(3)9-14-25(28)23-7-5-4-6-8-23/h4-14,19-20,29H,15-18H2,1-3H3,(H,27,30)/t19-,20-/m1/s1. The highest BCUT2D eigenvalue weighted by molar-refractivity contribution is 5.78. The van der Waals surface area contributed by atoms with Crippen LogP contribution in [-0.2, 0) is 17.8 Å². The summed E-state index contributed by atoms with van der Waals surface area (Å²) in [5.74, 6) is 0.618. The highest BCUT2D eigenvalue weighted by Gasteiger charge is 2.15. The average Bonchev–Trinajstić information content (AvgIpc) is 3.15. The number of aryl methyl sites for hydroxylation is 1. The van der Waals surface area contributed by atoms with Gasteiger partial charge in [-0.25, -0.2) is 0 Å². The number of hydrogen-bond donors (Lipinski definition) is 2. The Labute approximate surface area is 184 Å². The molecule has 3 rings (SSSR count). The van der Waals surface area contributed by atoms with Crippen LogP contribution in [0, 0.1) is 12.8 Å². The van der Waals surface area contributed by atoms with Gasteiger partial charge in [0.1, 0.15) is 12.4 Å². The molecule has 0 fully saturated rings. The summed E-state index contributed by atoms with van der Waals surface area (Å²) in [6, 6.07) is 22.4. The van der Waals surface area contributed by atoms with Crippen molar-refractivity contribution in [1.82, 2.24) is 9.88 Å². The first-order valence-electron chi connectivity index (χ1n) is 10.8. The average molecular weight is 421 g/mol. The first-order chi connectivity index (χ1) is 15.0. The normalized spacial score (nSPS) is 12.9. The highest BCUT2D eigenvalue weighted by atomic mass is 16.5. The topological polar surface area (TPSA) is 63.5 Å². The first-order valence-corrected chi connectivity index (χ1v) is 10.8. The molecule has 0 saturated carbocycles. The van der Waals surface area contributed by atoms with Gasteiger partial charge in [-0.1, -0.05) is 49.4 Å². The van der Waals surface area contributed by atoms with Crippen LogP contribution in [0.5, 0.6) is 5.75 Å². The molecule has 31 heavy (non-hydrogen) atoms. The highest BCUT2D eigenvalue weighted by Crippen LogP contribution is 2.22. The maximum Gasteiger partial charge on any atom is 0.223 e. The number of carbonyl (C=O) groups excluding carboxylic acids is 1. The van der Waals surface area contributed by atoms with E-state index in [4.69, 9.17) is 9.84 Å².